The molecule has 1 aliphatic carbocycles. The molecule has 7 heteroatoms. The average molecular weight is 485 g/mol. The highest BCUT2D eigenvalue weighted by atomic mass is 19.1. The van der Waals surface area contributed by atoms with Crippen molar-refractivity contribution in [1.29, 1.82) is 0 Å². The van der Waals surface area contributed by atoms with Crippen molar-refractivity contribution in [2.75, 3.05) is 0 Å². The highest BCUT2D eigenvalue weighted by molar-refractivity contribution is 6.42. The third-order valence-corrected chi connectivity index (χ3v) is 6.49. The second kappa shape index (κ2) is 7.93. The van der Waals surface area contributed by atoms with E-state index in [1.165, 1.54) is 18.2 Å². The zero-order chi connectivity index (χ0) is 25.1. The maximum absolute atomic E-state index is 13.4. The van der Waals surface area contributed by atoms with E-state index in [1.54, 1.807) is 28.8 Å². The molecule has 0 fully saturated rings. The van der Waals surface area contributed by atoms with E-state index in [0.717, 1.165) is 16.5 Å². The molecule has 2 heterocycles. The molecule has 6 nitrogen and oxygen atoms in total. The summed E-state index contributed by atoms with van der Waals surface area (Å²) in [6.45, 7) is 0. The summed E-state index contributed by atoms with van der Waals surface area (Å²) >= 11 is 0. The lowest BCUT2D eigenvalue weighted by Gasteiger charge is -2.05. The van der Waals surface area contributed by atoms with Crippen LogP contribution in [0, 0.1) is 5.82 Å². The summed E-state index contributed by atoms with van der Waals surface area (Å²) in [5, 5.41) is 1.79. The Morgan fingerprint density at radius 3 is 2.03 bits per heavy atom. The van der Waals surface area contributed by atoms with Gasteiger partial charge in [0.2, 0.25) is 11.5 Å². The summed E-state index contributed by atoms with van der Waals surface area (Å²) in [6.07, 6.45) is 1.50. The molecule has 0 saturated heterocycles. The zero-order valence-corrected chi connectivity index (χ0v) is 19.2. The smallest absolute Gasteiger partial charge is 0.267 e. The van der Waals surface area contributed by atoms with Gasteiger partial charge in [0.05, 0.1) is 5.57 Å². The fraction of sp³-hybridized carbons (Fsp3) is 0. The molecule has 0 N–H and O–H groups in total. The maximum atomic E-state index is 13.4. The number of fused-ring (bicyclic) bond motifs is 3. The van der Waals surface area contributed by atoms with Crippen molar-refractivity contribution < 1.29 is 18.4 Å². The summed E-state index contributed by atoms with van der Waals surface area (Å²) in [6, 6.07) is 26.3. The van der Waals surface area contributed by atoms with Crippen LogP contribution in [0.25, 0.3) is 45.4 Å². The summed E-state index contributed by atoms with van der Waals surface area (Å²) in [7, 11) is 0. The highest BCUT2D eigenvalue weighted by Crippen LogP contribution is 2.33. The quantitative estimate of drug-likeness (QED) is 0.213. The Hall–Kier alpha value is -5.17. The predicted molar refractivity (Wildman–Crippen MR) is 137 cm³/mol. The second-order valence-electron chi connectivity index (χ2n) is 8.76. The predicted octanol–water partition coefficient (Wildman–Crippen LogP) is 6.44. The minimum absolute atomic E-state index is 0.0360. The number of nitrogens with zero attached hydrogens (tertiary/aromatic N) is 3. The normalized spacial score (nSPS) is 13.1. The van der Waals surface area contributed by atoms with Gasteiger partial charge in [-0.15, -0.1) is 0 Å². The number of imidazole rings is 1. The number of carbonyl (C=O) groups is 2. The van der Waals surface area contributed by atoms with Gasteiger partial charge >= 0.3 is 0 Å². The molecule has 0 unspecified atom stereocenters. The largest absolute Gasteiger partial charge is 0.416 e. The van der Waals surface area contributed by atoms with Crippen LogP contribution >= 0.6 is 0 Å². The summed E-state index contributed by atoms with van der Waals surface area (Å²) in [4.78, 5) is 35.8. The van der Waals surface area contributed by atoms with Crippen LogP contribution in [0.1, 0.15) is 26.5 Å². The molecule has 0 atom stereocenters. The monoisotopic (exact) mass is 485 g/mol. The first-order valence-electron chi connectivity index (χ1n) is 11.6. The molecule has 0 saturated carbocycles. The minimum atomic E-state index is -0.361. The number of rotatable bonds is 3. The Balaban J connectivity index is 1.39. The molecule has 0 spiro atoms. The van der Waals surface area contributed by atoms with Crippen LogP contribution < -0.4 is 0 Å². The van der Waals surface area contributed by atoms with E-state index in [0.29, 0.717) is 28.2 Å². The van der Waals surface area contributed by atoms with Crippen LogP contribution in [-0.2, 0) is 0 Å². The third kappa shape index (κ3) is 3.32. The van der Waals surface area contributed by atoms with Gasteiger partial charge in [-0.2, -0.15) is 9.97 Å². The Morgan fingerprint density at radius 1 is 0.757 bits per heavy atom. The molecule has 0 amide bonds. The molecule has 0 radical (unpaired) electrons. The molecule has 37 heavy (non-hydrogen) atoms. The highest BCUT2D eigenvalue weighted by Gasteiger charge is 2.34. The molecule has 1 aliphatic rings. The summed E-state index contributed by atoms with van der Waals surface area (Å²) in [5.41, 5.74) is 2.78. The number of allylic oxidation sites excluding steroid dienone is 1. The van der Waals surface area contributed by atoms with Crippen LogP contribution in [0.15, 0.2) is 101 Å². The lowest BCUT2D eigenvalue weighted by molar-refractivity contribution is 0.0990. The average Bonchev–Trinajstić information content (AvgIpc) is 3.55. The number of carbonyl (C=O) groups excluding carboxylic acids is 2. The number of aromatic nitrogens is 3. The number of benzene rings is 4. The molecule has 7 rings (SSSR count). The summed E-state index contributed by atoms with van der Waals surface area (Å²) < 4.78 is 21.0. The van der Waals surface area contributed by atoms with Gasteiger partial charge in [0, 0.05) is 22.4 Å². The minimum Gasteiger partial charge on any atom is -0.416 e. The van der Waals surface area contributed by atoms with Gasteiger partial charge < -0.3 is 4.42 Å². The Kier molecular flexibility index (Phi) is 4.53. The van der Waals surface area contributed by atoms with Crippen molar-refractivity contribution in [3.8, 4) is 17.1 Å². The molecule has 0 aliphatic heterocycles. The lowest BCUT2D eigenvalue weighted by atomic mass is 10.0. The first-order valence-corrected chi connectivity index (χ1v) is 11.6. The van der Waals surface area contributed by atoms with Crippen molar-refractivity contribution >= 4 is 39.8 Å². The van der Waals surface area contributed by atoms with Crippen LogP contribution in [0.3, 0.4) is 0 Å². The Labute approximate surface area is 209 Å². The fourth-order valence-corrected chi connectivity index (χ4v) is 4.70. The summed E-state index contributed by atoms with van der Waals surface area (Å²) in [5.74, 6) is -0.420. The number of para-hydroxylation sites is 1. The van der Waals surface area contributed by atoms with Crippen molar-refractivity contribution in [3.63, 3.8) is 0 Å². The maximum Gasteiger partial charge on any atom is 0.267 e. The first-order chi connectivity index (χ1) is 18.1. The molecular formula is C30H16FN3O3. The van der Waals surface area contributed by atoms with Crippen molar-refractivity contribution in [2.24, 2.45) is 0 Å². The zero-order valence-electron chi connectivity index (χ0n) is 19.2. The van der Waals surface area contributed by atoms with Crippen molar-refractivity contribution in [3.05, 3.63) is 119 Å². The molecule has 0 bridgehead atoms. The molecule has 176 valence electrons. The molecule has 2 aromatic heterocycles. The van der Waals surface area contributed by atoms with E-state index in [4.69, 9.17) is 4.42 Å². The Morgan fingerprint density at radius 2 is 1.38 bits per heavy atom. The number of hydrogen-bond acceptors (Lipinski definition) is 5. The van der Waals surface area contributed by atoms with Gasteiger partial charge in [0.1, 0.15) is 11.6 Å². The second-order valence-corrected chi connectivity index (χ2v) is 8.76. The third-order valence-electron chi connectivity index (χ3n) is 6.49. The van der Waals surface area contributed by atoms with Gasteiger partial charge in [-0.05, 0) is 65.4 Å². The van der Waals surface area contributed by atoms with Crippen LogP contribution in [-0.4, -0.2) is 26.1 Å². The van der Waals surface area contributed by atoms with E-state index >= 15 is 0 Å². The van der Waals surface area contributed by atoms with Gasteiger partial charge in [0.15, 0.2) is 11.6 Å². The number of oxazole rings is 1. The van der Waals surface area contributed by atoms with Gasteiger partial charge in [-0.1, -0.05) is 42.5 Å². The number of ketones is 2. The van der Waals surface area contributed by atoms with Gasteiger partial charge in [-0.3, -0.25) is 14.2 Å². The van der Waals surface area contributed by atoms with E-state index in [9.17, 15) is 14.0 Å². The molecule has 6 aromatic rings. The number of halogens is 1. The molecular weight excluding hydrogens is 469 g/mol. The SMILES string of the molecule is O=C1C(=Cc2nc3oc(-c4ccc(F)cc4)nc3n2-c2ccccc2)C(=O)c2cc3ccccc3cc21. The van der Waals surface area contributed by atoms with Crippen molar-refractivity contribution in [1.82, 2.24) is 14.5 Å². The van der Waals surface area contributed by atoms with Crippen molar-refractivity contribution in [2.45, 2.75) is 0 Å². The van der Waals surface area contributed by atoms with Crippen LogP contribution in [0.5, 0.6) is 0 Å². The molecule has 4 aromatic carbocycles. The Bertz CT molecular complexity index is 1860. The number of Topliss-reactive ketones (excluding diaryl/α,β-unsaturated/α-hetero) is 2. The van der Waals surface area contributed by atoms with E-state index in [1.807, 2.05) is 54.6 Å². The fourth-order valence-electron chi connectivity index (χ4n) is 4.70. The van der Waals surface area contributed by atoms with Gasteiger partial charge in [-0.25, -0.2) is 4.39 Å². The first kappa shape index (κ1) is 21.1. The topological polar surface area (TPSA) is 78.0 Å². The van der Waals surface area contributed by atoms with E-state index < -0.39 is 0 Å². The van der Waals surface area contributed by atoms with Gasteiger partial charge in [0.25, 0.3) is 5.71 Å². The number of hydrogen-bond donors (Lipinski definition) is 0. The lowest BCUT2D eigenvalue weighted by Crippen LogP contribution is -2.04. The van der Waals surface area contributed by atoms with Crippen LogP contribution in [0.4, 0.5) is 4.39 Å². The van der Waals surface area contributed by atoms with Crippen LogP contribution in [0.2, 0.25) is 0 Å². The van der Waals surface area contributed by atoms with E-state index in [2.05, 4.69) is 9.97 Å². The van der Waals surface area contributed by atoms with E-state index in [-0.39, 0.29) is 34.6 Å². The standard InChI is InChI=1S/C30H16FN3O3/c31-20-12-10-17(11-13-20)29-33-28-30(37-29)32-25(34(28)21-8-2-1-3-9-21)16-24-26(35)22-14-18-6-4-5-7-19(18)15-23(22)27(24)36/h1-16H.